The third-order valence-electron chi connectivity index (χ3n) is 2.99. The van der Waals surface area contributed by atoms with Gasteiger partial charge in [0.15, 0.2) is 0 Å². The minimum atomic E-state index is -0.653. The van der Waals surface area contributed by atoms with Gasteiger partial charge in [-0.2, -0.15) is 0 Å². The molecule has 0 radical (unpaired) electrons. The number of hydrogen-bond acceptors (Lipinski definition) is 2. The Hall–Kier alpha value is -1.88. The summed E-state index contributed by atoms with van der Waals surface area (Å²) in [6.45, 7) is 5.62. The van der Waals surface area contributed by atoms with Crippen LogP contribution in [-0.4, -0.2) is 11.2 Å². The van der Waals surface area contributed by atoms with E-state index in [1.807, 2.05) is 24.5 Å². The van der Waals surface area contributed by atoms with E-state index in [-0.39, 0.29) is 23.3 Å². The van der Waals surface area contributed by atoms with E-state index in [0.29, 0.717) is 0 Å². The van der Waals surface area contributed by atoms with Gasteiger partial charge in [-0.1, -0.05) is 50.3 Å². The standard InChI is InChI=1S/C18H21F2NOS/c1-3-5-6-7-11-23-17(8-4-2)18(22)21-13-14-9-10-15(19)12-16(14)20/h3,5-7,9-12,17H,1,4,8,13H2,2H3,(H,21,22)/b6-5-,11-7+. The fourth-order valence-electron chi connectivity index (χ4n) is 1.81. The Kier molecular flexibility index (Phi) is 8.98. The van der Waals surface area contributed by atoms with E-state index in [4.69, 9.17) is 0 Å². The first-order valence-electron chi connectivity index (χ1n) is 7.39. The number of amides is 1. The van der Waals surface area contributed by atoms with Crippen molar-refractivity contribution in [2.24, 2.45) is 0 Å². The van der Waals surface area contributed by atoms with Crippen LogP contribution in [-0.2, 0) is 11.3 Å². The molecule has 1 unspecified atom stereocenters. The van der Waals surface area contributed by atoms with Crippen LogP contribution >= 0.6 is 11.8 Å². The molecule has 1 aromatic rings. The first-order valence-corrected chi connectivity index (χ1v) is 8.34. The second kappa shape index (κ2) is 10.8. The quantitative estimate of drug-likeness (QED) is 0.660. The fraction of sp³-hybridized carbons (Fsp3) is 0.278. The number of rotatable bonds is 9. The molecule has 1 atom stereocenters. The highest BCUT2D eigenvalue weighted by Gasteiger charge is 2.17. The van der Waals surface area contributed by atoms with Crippen LogP contribution in [0.2, 0.25) is 0 Å². The van der Waals surface area contributed by atoms with Crippen molar-refractivity contribution in [1.82, 2.24) is 5.32 Å². The van der Waals surface area contributed by atoms with Crippen LogP contribution in [0.5, 0.6) is 0 Å². The molecule has 0 bridgehead atoms. The lowest BCUT2D eigenvalue weighted by atomic mass is 10.2. The van der Waals surface area contributed by atoms with Gasteiger partial charge in [0.25, 0.3) is 0 Å². The van der Waals surface area contributed by atoms with Crippen molar-refractivity contribution in [3.8, 4) is 0 Å². The SMILES string of the molecule is C=C/C=C\C=C\SC(CCC)C(=O)NCc1ccc(F)cc1F. The molecule has 0 spiro atoms. The molecule has 0 aliphatic heterocycles. The number of benzene rings is 1. The lowest BCUT2D eigenvalue weighted by Gasteiger charge is -2.14. The molecular weight excluding hydrogens is 316 g/mol. The summed E-state index contributed by atoms with van der Waals surface area (Å²) >= 11 is 1.41. The zero-order chi connectivity index (χ0) is 17.1. The highest BCUT2D eigenvalue weighted by Crippen LogP contribution is 2.18. The molecule has 124 valence electrons. The van der Waals surface area contributed by atoms with Crippen molar-refractivity contribution >= 4 is 17.7 Å². The summed E-state index contributed by atoms with van der Waals surface area (Å²) in [5.41, 5.74) is 0.268. The minimum Gasteiger partial charge on any atom is -0.351 e. The number of carbonyl (C=O) groups excluding carboxylic acids is 1. The number of carbonyl (C=O) groups is 1. The van der Waals surface area contributed by atoms with E-state index in [2.05, 4.69) is 11.9 Å². The summed E-state index contributed by atoms with van der Waals surface area (Å²) in [4.78, 5) is 12.2. The average molecular weight is 337 g/mol. The summed E-state index contributed by atoms with van der Waals surface area (Å²) in [6.07, 6.45) is 8.72. The maximum Gasteiger partial charge on any atom is 0.233 e. The topological polar surface area (TPSA) is 29.1 Å². The van der Waals surface area contributed by atoms with Crippen molar-refractivity contribution in [2.45, 2.75) is 31.6 Å². The van der Waals surface area contributed by atoms with Crippen LogP contribution in [0.3, 0.4) is 0 Å². The van der Waals surface area contributed by atoms with Crippen LogP contribution in [0.1, 0.15) is 25.3 Å². The normalized spacial score (nSPS) is 12.7. The first kappa shape index (κ1) is 19.2. The van der Waals surface area contributed by atoms with Gasteiger partial charge in [-0.15, -0.1) is 11.8 Å². The van der Waals surface area contributed by atoms with E-state index in [1.54, 1.807) is 12.2 Å². The van der Waals surface area contributed by atoms with Crippen LogP contribution < -0.4 is 5.32 Å². The number of thioether (sulfide) groups is 1. The van der Waals surface area contributed by atoms with Gasteiger partial charge in [-0.3, -0.25) is 4.79 Å². The van der Waals surface area contributed by atoms with Gasteiger partial charge < -0.3 is 5.32 Å². The molecule has 1 aromatic carbocycles. The number of hydrogen-bond donors (Lipinski definition) is 1. The predicted molar refractivity (Wildman–Crippen MR) is 93.0 cm³/mol. The molecule has 1 rings (SSSR count). The summed E-state index contributed by atoms with van der Waals surface area (Å²) < 4.78 is 26.4. The van der Waals surface area contributed by atoms with Crippen LogP contribution in [0.25, 0.3) is 0 Å². The summed E-state index contributed by atoms with van der Waals surface area (Å²) in [6, 6.07) is 3.33. The third-order valence-corrected chi connectivity index (χ3v) is 4.08. The average Bonchev–Trinajstić information content (AvgIpc) is 2.52. The zero-order valence-electron chi connectivity index (χ0n) is 13.1. The molecule has 5 heteroatoms. The Morgan fingerprint density at radius 2 is 2.13 bits per heavy atom. The lowest BCUT2D eigenvalue weighted by Crippen LogP contribution is -2.32. The molecule has 0 heterocycles. The van der Waals surface area contributed by atoms with E-state index in [0.717, 1.165) is 18.9 Å². The maximum atomic E-state index is 13.5. The second-order valence-electron chi connectivity index (χ2n) is 4.82. The van der Waals surface area contributed by atoms with Crippen molar-refractivity contribution in [3.63, 3.8) is 0 Å². The summed E-state index contributed by atoms with van der Waals surface area (Å²) in [5.74, 6) is -1.44. The number of nitrogens with one attached hydrogen (secondary N) is 1. The predicted octanol–water partition coefficient (Wildman–Crippen LogP) is 4.74. The lowest BCUT2D eigenvalue weighted by molar-refractivity contribution is -0.120. The molecule has 1 amide bonds. The van der Waals surface area contributed by atoms with Crippen LogP contribution in [0, 0.1) is 11.6 Å². The molecule has 2 nitrogen and oxygen atoms in total. The Balaban J connectivity index is 2.58. The van der Waals surface area contributed by atoms with E-state index >= 15 is 0 Å². The second-order valence-corrected chi connectivity index (χ2v) is 5.93. The van der Waals surface area contributed by atoms with E-state index in [9.17, 15) is 13.6 Å². The molecule has 0 saturated heterocycles. The Morgan fingerprint density at radius 3 is 2.78 bits per heavy atom. The largest absolute Gasteiger partial charge is 0.351 e. The van der Waals surface area contributed by atoms with Gasteiger partial charge in [0.1, 0.15) is 11.6 Å². The summed E-state index contributed by atoms with van der Waals surface area (Å²) in [5, 5.41) is 4.31. The van der Waals surface area contributed by atoms with Gasteiger partial charge >= 0.3 is 0 Å². The van der Waals surface area contributed by atoms with Gasteiger partial charge in [-0.25, -0.2) is 8.78 Å². The van der Waals surface area contributed by atoms with Crippen LogP contribution in [0.4, 0.5) is 8.78 Å². The van der Waals surface area contributed by atoms with Crippen molar-refractivity contribution in [1.29, 1.82) is 0 Å². The zero-order valence-corrected chi connectivity index (χ0v) is 13.9. The molecule has 0 aliphatic carbocycles. The van der Waals surface area contributed by atoms with Gasteiger partial charge in [0.2, 0.25) is 5.91 Å². The fourth-order valence-corrected chi connectivity index (χ4v) is 2.76. The molecule has 0 aromatic heterocycles. The smallest absolute Gasteiger partial charge is 0.233 e. The molecule has 0 fully saturated rings. The molecular formula is C18H21F2NOS. The first-order chi connectivity index (χ1) is 11.1. The monoisotopic (exact) mass is 337 g/mol. The number of allylic oxidation sites excluding steroid dienone is 4. The Labute approximate surface area is 140 Å². The highest BCUT2D eigenvalue weighted by molar-refractivity contribution is 8.03. The van der Waals surface area contributed by atoms with Crippen molar-refractivity contribution < 1.29 is 13.6 Å². The van der Waals surface area contributed by atoms with Gasteiger partial charge in [-0.05, 0) is 17.9 Å². The van der Waals surface area contributed by atoms with Crippen LogP contribution in [0.15, 0.2) is 54.5 Å². The van der Waals surface area contributed by atoms with Gasteiger partial charge in [0.05, 0.1) is 5.25 Å². The van der Waals surface area contributed by atoms with E-state index in [1.165, 1.54) is 23.9 Å². The van der Waals surface area contributed by atoms with Crippen molar-refractivity contribution in [2.75, 3.05) is 0 Å². The van der Waals surface area contributed by atoms with E-state index < -0.39 is 11.6 Å². The summed E-state index contributed by atoms with van der Waals surface area (Å²) in [7, 11) is 0. The highest BCUT2D eigenvalue weighted by atomic mass is 32.2. The van der Waals surface area contributed by atoms with Crippen molar-refractivity contribution in [3.05, 3.63) is 71.7 Å². The Bertz CT molecular complexity index is 584. The third kappa shape index (κ3) is 7.28. The Morgan fingerprint density at radius 1 is 1.35 bits per heavy atom. The molecule has 0 saturated carbocycles. The number of halogens is 2. The minimum absolute atomic E-state index is 0.0474. The molecule has 0 aliphatic rings. The molecule has 1 N–H and O–H groups in total. The molecule has 23 heavy (non-hydrogen) atoms. The van der Waals surface area contributed by atoms with Gasteiger partial charge in [0, 0.05) is 18.2 Å². The maximum absolute atomic E-state index is 13.5.